The number of amides is 5. The van der Waals surface area contributed by atoms with Gasteiger partial charge in [0, 0.05) is 30.8 Å². The van der Waals surface area contributed by atoms with Crippen LogP contribution in [0, 0.1) is 6.92 Å². The van der Waals surface area contributed by atoms with Crippen molar-refractivity contribution in [2.24, 2.45) is 0 Å². The summed E-state index contributed by atoms with van der Waals surface area (Å²) in [6, 6.07) is 14.1. The van der Waals surface area contributed by atoms with Gasteiger partial charge in [0.25, 0.3) is 11.8 Å². The molecule has 2 atom stereocenters. The Hall–Kier alpha value is -4.27. The number of rotatable bonds is 10. The molecule has 0 unspecified atom stereocenters. The Bertz CT molecular complexity index is 1150. The molecule has 1 heterocycles. The molecule has 0 fully saturated rings. The van der Waals surface area contributed by atoms with Crippen LogP contribution in [0.1, 0.15) is 37.0 Å². The lowest BCUT2D eigenvalue weighted by molar-refractivity contribution is -0.137. The van der Waals surface area contributed by atoms with Crippen molar-refractivity contribution in [1.82, 2.24) is 15.5 Å². The highest BCUT2D eigenvalue weighted by molar-refractivity contribution is 6.13. The monoisotopic (exact) mass is 490 g/mol. The smallest absolute Gasteiger partial charge is 0.253 e. The molecule has 0 radical (unpaired) electrons. The number of imide groups is 1. The average Bonchev–Trinajstić information content (AvgIpc) is 3.17. The van der Waals surface area contributed by atoms with Crippen molar-refractivity contribution >= 4 is 35.2 Å². The van der Waals surface area contributed by atoms with Crippen LogP contribution in [0.5, 0.6) is 0 Å². The topological polar surface area (TPSA) is 125 Å². The zero-order valence-corrected chi connectivity index (χ0v) is 20.5. The Morgan fingerprint density at radius 3 is 1.89 bits per heavy atom. The molecule has 36 heavy (non-hydrogen) atoms. The molecule has 0 bridgehead atoms. The molecule has 188 valence electrons. The first-order chi connectivity index (χ1) is 17.1. The molecule has 0 saturated heterocycles. The summed E-state index contributed by atoms with van der Waals surface area (Å²) >= 11 is 0. The predicted molar refractivity (Wildman–Crippen MR) is 135 cm³/mol. The molecule has 2 aromatic carbocycles. The van der Waals surface area contributed by atoms with E-state index in [4.69, 9.17) is 0 Å². The van der Waals surface area contributed by atoms with Crippen molar-refractivity contribution in [2.45, 2.75) is 45.7 Å². The second kappa shape index (κ2) is 11.9. The summed E-state index contributed by atoms with van der Waals surface area (Å²) in [4.78, 5) is 61.1. The summed E-state index contributed by atoms with van der Waals surface area (Å²) < 4.78 is 0. The standard InChI is InChI=1S/C27H30N4O5/c1-17-4-6-20(7-5-17)16-21-8-10-22(11-9-21)30-27(36)19(3)29-26(35)18(2)28-23(32)14-15-31-24(33)12-13-25(31)34/h4-13,18-19H,14-16H2,1-3H3,(H,28,32)(H,29,35)(H,30,36)/t18-,19-/m0/s1. The highest BCUT2D eigenvalue weighted by atomic mass is 16.2. The number of hydrogen-bond acceptors (Lipinski definition) is 5. The van der Waals surface area contributed by atoms with Gasteiger partial charge in [0.1, 0.15) is 12.1 Å². The molecule has 0 aromatic heterocycles. The minimum Gasteiger partial charge on any atom is -0.345 e. The molecule has 1 aliphatic rings. The number of carbonyl (C=O) groups excluding carboxylic acids is 5. The number of hydrogen-bond donors (Lipinski definition) is 3. The number of anilines is 1. The Kier molecular flexibility index (Phi) is 8.72. The quantitative estimate of drug-likeness (QED) is 0.439. The molecule has 0 saturated carbocycles. The molecule has 0 spiro atoms. The third kappa shape index (κ3) is 7.36. The fourth-order valence-electron chi connectivity index (χ4n) is 3.55. The van der Waals surface area contributed by atoms with Crippen molar-refractivity contribution < 1.29 is 24.0 Å². The Balaban J connectivity index is 1.42. The summed E-state index contributed by atoms with van der Waals surface area (Å²) in [6.45, 7) is 5.00. The molecule has 0 aliphatic carbocycles. The molecular weight excluding hydrogens is 460 g/mol. The lowest BCUT2D eigenvalue weighted by Gasteiger charge is -2.19. The molecule has 3 N–H and O–H groups in total. The third-order valence-corrected chi connectivity index (χ3v) is 5.74. The van der Waals surface area contributed by atoms with Crippen molar-refractivity contribution in [1.29, 1.82) is 0 Å². The average molecular weight is 491 g/mol. The molecule has 2 aromatic rings. The van der Waals surface area contributed by atoms with E-state index in [1.54, 1.807) is 6.92 Å². The van der Waals surface area contributed by atoms with Gasteiger partial charge in [-0.25, -0.2) is 0 Å². The van der Waals surface area contributed by atoms with E-state index in [1.807, 2.05) is 31.2 Å². The second-order valence-electron chi connectivity index (χ2n) is 8.78. The highest BCUT2D eigenvalue weighted by Gasteiger charge is 2.25. The number of nitrogens with zero attached hydrogens (tertiary/aromatic N) is 1. The summed E-state index contributed by atoms with van der Waals surface area (Å²) in [5, 5.41) is 7.84. The number of carbonyl (C=O) groups is 5. The van der Waals surface area contributed by atoms with Crippen LogP contribution in [-0.4, -0.2) is 53.1 Å². The van der Waals surface area contributed by atoms with Gasteiger partial charge in [-0.05, 0) is 50.5 Å². The minimum absolute atomic E-state index is 0.0759. The van der Waals surface area contributed by atoms with E-state index in [1.165, 1.54) is 18.1 Å². The van der Waals surface area contributed by atoms with Gasteiger partial charge >= 0.3 is 0 Å². The lowest BCUT2D eigenvalue weighted by Crippen LogP contribution is -2.50. The highest BCUT2D eigenvalue weighted by Crippen LogP contribution is 2.14. The van der Waals surface area contributed by atoms with Crippen LogP contribution in [-0.2, 0) is 30.4 Å². The van der Waals surface area contributed by atoms with Crippen molar-refractivity contribution in [3.8, 4) is 0 Å². The maximum absolute atomic E-state index is 12.5. The van der Waals surface area contributed by atoms with E-state index >= 15 is 0 Å². The van der Waals surface area contributed by atoms with Gasteiger partial charge in [-0.1, -0.05) is 42.0 Å². The van der Waals surface area contributed by atoms with Crippen LogP contribution < -0.4 is 16.0 Å². The normalized spacial score (nSPS) is 14.4. The molecule has 1 aliphatic heterocycles. The SMILES string of the molecule is Cc1ccc(Cc2ccc(NC(=O)[C@H](C)NC(=O)[C@H](C)NC(=O)CCN3C(=O)C=CC3=O)cc2)cc1. The van der Waals surface area contributed by atoms with Gasteiger partial charge in [0.05, 0.1) is 0 Å². The fraction of sp³-hybridized carbons (Fsp3) is 0.296. The molecule has 5 amide bonds. The predicted octanol–water partition coefficient (Wildman–Crippen LogP) is 1.85. The van der Waals surface area contributed by atoms with Gasteiger partial charge < -0.3 is 16.0 Å². The van der Waals surface area contributed by atoms with Crippen molar-refractivity contribution in [3.63, 3.8) is 0 Å². The molecule has 9 heteroatoms. The Morgan fingerprint density at radius 1 is 0.778 bits per heavy atom. The van der Waals surface area contributed by atoms with E-state index in [0.29, 0.717) is 5.69 Å². The first kappa shape index (κ1) is 26.3. The maximum atomic E-state index is 12.5. The number of benzene rings is 2. The third-order valence-electron chi connectivity index (χ3n) is 5.74. The van der Waals surface area contributed by atoms with Crippen LogP contribution in [0.3, 0.4) is 0 Å². The summed E-state index contributed by atoms with van der Waals surface area (Å²) in [5.74, 6) is -2.37. The van der Waals surface area contributed by atoms with Gasteiger partial charge in [-0.3, -0.25) is 28.9 Å². The van der Waals surface area contributed by atoms with E-state index in [0.717, 1.165) is 29.0 Å². The number of nitrogens with one attached hydrogen (secondary N) is 3. The largest absolute Gasteiger partial charge is 0.345 e. The van der Waals surface area contributed by atoms with Crippen LogP contribution in [0.2, 0.25) is 0 Å². The van der Waals surface area contributed by atoms with Gasteiger partial charge in [-0.15, -0.1) is 0 Å². The molecule has 9 nitrogen and oxygen atoms in total. The zero-order chi connectivity index (χ0) is 26.2. The van der Waals surface area contributed by atoms with Crippen molar-refractivity contribution in [3.05, 3.63) is 77.4 Å². The van der Waals surface area contributed by atoms with Crippen LogP contribution in [0.4, 0.5) is 5.69 Å². The van der Waals surface area contributed by atoms with Gasteiger partial charge in [0.2, 0.25) is 17.7 Å². The second-order valence-corrected chi connectivity index (χ2v) is 8.78. The van der Waals surface area contributed by atoms with Crippen LogP contribution in [0.15, 0.2) is 60.7 Å². The van der Waals surface area contributed by atoms with Crippen molar-refractivity contribution in [2.75, 3.05) is 11.9 Å². The first-order valence-electron chi connectivity index (χ1n) is 11.7. The van der Waals surface area contributed by atoms with Gasteiger partial charge in [-0.2, -0.15) is 0 Å². The molecule has 3 rings (SSSR count). The van der Waals surface area contributed by atoms with Crippen LogP contribution in [0.25, 0.3) is 0 Å². The minimum atomic E-state index is -0.906. The summed E-state index contributed by atoms with van der Waals surface area (Å²) in [5.41, 5.74) is 4.12. The fourth-order valence-corrected chi connectivity index (χ4v) is 3.55. The van der Waals surface area contributed by atoms with Gasteiger partial charge in [0.15, 0.2) is 0 Å². The zero-order valence-electron chi connectivity index (χ0n) is 20.5. The van der Waals surface area contributed by atoms with E-state index in [2.05, 4.69) is 40.2 Å². The molecular formula is C27H30N4O5. The summed E-state index contributed by atoms with van der Waals surface area (Å²) in [7, 11) is 0. The lowest BCUT2D eigenvalue weighted by atomic mass is 10.0. The van der Waals surface area contributed by atoms with E-state index in [-0.39, 0.29) is 13.0 Å². The van der Waals surface area contributed by atoms with E-state index in [9.17, 15) is 24.0 Å². The van der Waals surface area contributed by atoms with Crippen LogP contribution >= 0.6 is 0 Å². The summed E-state index contributed by atoms with van der Waals surface area (Å²) in [6.07, 6.45) is 2.93. The number of aryl methyl sites for hydroxylation is 1. The first-order valence-corrected chi connectivity index (χ1v) is 11.7. The maximum Gasteiger partial charge on any atom is 0.253 e. The van der Waals surface area contributed by atoms with E-state index < -0.39 is 41.6 Å². The Labute approximate surface area is 209 Å². The Morgan fingerprint density at radius 2 is 1.31 bits per heavy atom.